The Kier molecular flexibility index (Phi) is 9.02. The number of hydrogen-bond acceptors (Lipinski definition) is 4. The van der Waals surface area contributed by atoms with Crippen molar-refractivity contribution in [3.8, 4) is 11.1 Å². The summed E-state index contributed by atoms with van der Waals surface area (Å²) in [6.07, 6.45) is 8.37. The Morgan fingerprint density at radius 3 is 1.80 bits per heavy atom. The summed E-state index contributed by atoms with van der Waals surface area (Å²) in [4.78, 5) is 2.73. The van der Waals surface area contributed by atoms with E-state index >= 15 is 0 Å². The van der Waals surface area contributed by atoms with E-state index in [1.165, 1.54) is 158 Å². The molecule has 4 heterocycles. The van der Waals surface area contributed by atoms with Crippen LogP contribution in [0.2, 0.25) is 0 Å². The van der Waals surface area contributed by atoms with Gasteiger partial charge >= 0.3 is 0 Å². The lowest BCUT2D eigenvalue weighted by atomic mass is 9.53. The highest BCUT2D eigenvalue weighted by Crippen LogP contribution is 2.59. The molecule has 2 atom stereocenters. The first-order valence-corrected chi connectivity index (χ1v) is 28.3. The molecule has 1 N–H and O–H groups in total. The van der Waals surface area contributed by atoms with E-state index < -0.39 is 0 Å². The predicted octanol–water partition coefficient (Wildman–Crippen LogP) is 17.7. The Morgan fingerprint density at radius 1 is 0.479 bits per heavy atom. The highest BCUT2D eigenvalue weighted by Gasteiger charge is 2.49. The second-order valence-electron chi connectivity index (χ2n) is 26.1. The zero-order valence-corrected chi connectivity index (χ0v) is 45.4. The van der Waals surface area contributed by atoms with Crippen LogP contribution >= 0.6 is 22.7 Å². The van der Waals surface area contributed by atoms with Crippen LogP contribution in [0.1, 0.15) is 153 Å². The summed E-state index contributed by atoms with van der Waals surface area (Å²) in [7, 11) is 0.854. The van der Waals surface area contributed by atoms with Gasteiger partial charge in [-0.15, -0.1) is 22.7 Å². The van der Waals surface area contributed by atoms with Crippen LogP contribution in [0.4, 0.5) is 28.4 Å². The van der Waals surface area contributed by atoms with Gasteiger partial charge in [0.2, 0.25) is 7.28 Å². The summed E-state index contributed by atoms with van der Waals surface area (Å²) < 4.78 is 5.48. The molecule has 5 heteroatoms. The van der Waals surface area contributed by atoms with Gasteiger partial charge in [0.1, 0.15) is 0 Å². The summed E-state index contributed by atoms with van der Waals surface area (Å²) in [5, 5.41) is 9.76. The molecule has 2 nitrogen and oxygen atoms in total. The molecule has 2 unspecified atom stereocenters. The van der Waals surface area contributed by atoms with Gasteiger partial charge in [-0.25, -0.2) is 0 Å². The average molecular weight is 963 g/mol. The van der Waals surface area contributed by atoms with E-state index in [2.05, 4.69) is 196 Å². The third-order valence-corrected chi connectivity index (χ3v) is 21.9. The topological polar surface area (TPSA) is 15.3 Å². The predicted molar refractivity (Wildman–Crippen MR) is 312 cm³/mol. The number of nitrogens with zero attached hydrogens (tertiary/aromatic N) is 1. The van der Waals surface area contributed by atoms with Crippen molar-refractivity contribution in [3.05, 3.63) is 148 Å². The van der Waals surface area contributed by atoms with E-state index in [9.17, 15) is 0 Å². The lowest BCUT2D eigenvalue weighted by molar-refractivity contribution is 0.208. The Bertz CT molecular complexity index is 3820. The first-order valence-electron chi connectivity index (χ1n) is 26.7. The number of anilines is 5. The summed E-state index contributed by atoms with van der Waals surface area (Å²) in [6.45, 7) is 27.5. The van der Waals surface area contributed by atoms with E-state index in [0.717, 1.165) is 7.28 Å². The zero-order valence-electron chi connectivity index (χ0n) is 43.8. The van der Waals surface area contributed by atoms with Crippen molar-refractivity contribution >= 4 is 110 Å². The van der Waals surface area contributed by atoms with Gasteiger partial charge in [-0.1, -0.05) is 124 Å². The third kappa shape index (κ3) is 6.24. The fraction of sp³-hybridized carbons (Fsp3) is 0.364. The molecule has 7 aromatic carbocycles. The second-order valence-corrected chi connectivity index (χ2v) is 28.3. The molecule has 14 rings (SSSR count). The second kappa shape index (κ2) is 14.4. The van der Waals surface area contributed by atoms with Gasteiger partial charge in [0.05, 0.1) is 0 Å². The maximum atomic E-state index is 4.27. The summed E-state index contributed by atoms with van der Waals surface area (Å²) in [5.41, 5.74) is 23.1. The fourth-order valence-corrected chi connectivity index (χ4v) is 17.5. The average Bonchev–Trinajstić information content (AvgIpc) is 3.91. The van der Waals surface area contributed by atoms with Gasteiger partial charge < -0.3 is 10.2 Å². The van der Waals surface area contributed by atoms with Gasteiger partial charge in [-0.05, 0) is 200 Å². The van der Waals surface area contributed by atoms with Crippen molar-refractivity contribution in [1.82, 2.24) is 0 Å². The number of fused-ring (bicyclic) bond motifs is 12. The standard InChI is InChI=1S/C66H67BN2S2/c1-37-30-44-46(63(6,7)25-24-62(44,4)5)34-51(37)69-50-23-21-40-39-16-12-14-18-53(39)71-60(40)59(50)67-58-52(69)35-55-56(41-17-13-15-19-54(41)70-55)57(58)42-32-45-48-33-49(42)68-38-20-22-43-47(31-38)65(10,28-26-61(43,2)3)36-66(48,11)29-27-64(45,8)9/h12-23,30-35,67-68H,24-29,36H2,1-11H3. The molecule has 3 aliphatic carbocycles. The highest BCUT2D eigenvalue weighted by molar-refractivity contribution is 7.27. The van der Waals surface area contributed by atoms with Gasteiger partial charge in [0.15, 0.2) is 0 Å². The van der Waals surface area contributed by atoms with Crippen molar-refractivity contribution < 1.29 is 0 Å². The molecule has 0 saturated carbocycles. The molecule has 0 spiro atoms. The summed E-state index contributed by atoms with van der Waals surface area (Å²) >= 11 is 3.95. The van der Waals surface area contributed by atoms with Crippen LogP contribution in [-0.4, -0.2) is 7.28 Å². The van der Waals surface area contributed by atoms with E-state index in [-0.39, 0.29) is 32.5 Å². The maximum absolute atomic E-state index is 4.27. The normalized spacial score (nSPS) is 22.9. The molecule has 0 radical (unpaired) electrons. The maximum Gasteiger partial charge on any atom is 0.200 e. The van der Waals surface area contributed by atoms with Crippen LogP contribution in [-0.2, 0) is 32.5 Å². The zero-order chi connectivity index (χ0) is 48.9. The lowest BCUT2D eigenvalue weighted by Gasteiger charge is -2.51. The Hall–Kier alpha value is -5.36. The van der Waals surface area contributed by atoms with Crippen LogP contribution in [0.15, 0.2) is 109 Å². The van der Waals surface area contributed by atoms with E-state index in [0.29, 0.717) is 0 Å². The number of nitrogens with one attached hydrogen (secondary N) is 1. The van der Waals surface area contributed by atoms with Crippen LogP contribution in [0, 0.1) is 6.92 Å². The number of rotatable bonds is 2. The monoisotopic (exact) mass is 962 g/mol. The Balaban J connectivity index is 1.11. The van der Waals surface area contributed by atoms with Crippen molar-refractivity contribution in [2.75, 3.05) is 10.2 Å². The smallest absolute Gasteiger partial charge is 0.200 e. The van der Waals surface area contributed by atoms with E-state index in [1.54, 1.807) is 16.7 Å². The summed E-state index contributed by atoms with van der Waals surface area (Å²) in [6, 6.07) is 43.9. The molecule has 2 aromatic heterocycles. The van der Waals surface area contributed by atoms with Gasteiger partial charge in [-0.3, -0.25) is 0 Å². The minimum Gasteiger partial charge on any atom is -0.355 e. The van der Waals surface area contributed by atoms with Crippen LogP contribution in [0.3, 0.4) is 0 Å². The van der Waals surface area contributed by atoms with E-state index in [1.807, 2.05) is 22.7 Å². The molecule has 9 aromatic rings. The Morgan fingerprint density at radius 2 is 1.08 bits per heavy atom. The molecule has 2 aliphatic heterocycles. The SMILES string of the molecule is Cc1cc2c(cc1N1c3cc4sc5ccccc5c4c(-c4cc5c6cc4Nc4ccc7c(c4)C(C)(CCC7(C)C)CC6(C)CCC5(C)C)c3Bc3c1ccc1c3sc3ccccc31)C(C)(C)CCC2(C)C. The summed E-state index contributed by atoms with van der Waals surface area (Å²) in [5.74, 6) is 0. The molecule has 4 bridgehead atoms. The molecular weight excluding hydrogens is 896 g/mol. The minimum absolute atomic E-state index is 0.0224. The fourth-order valence-electron chi connectivity index (χ4n) is 15.1. The molecular formula is C66H67BN2S2. The highest BCUT2D eigenvalue weighted by atomic mass is 32.1. The van der Waals surface area contributed by atoms with Gasteiger partial charge in [0, 0.05) is 69.0 Å². The molecule has 0 saturated heterocycles. The van der Waals surface area contributed by atoms with Crippen LogP contribution in [0.5, 0.6) is 0 Å². The molecule has 0 amide bonds. The Labute approximate surface area is 430 Å². The largest absolute Gasteiger partial charge is 0.355 e. The van der Waals surface area contributed by atoms with Crippen LogP contribution < -0.4 is 21.1 Å². The number of hydrogen-bond donors (Lipinski definition) is 1. The van der Waals surface area contributed by atoms with Crippen molar-refractivity contribution in [2.24, 2.45) is 0 Å². The number of aryl methyl sites for hydroxylation is 1. The van der Waals surface area contributed by atoms with Gasteiger partial charge in [-0.2, -0.15) is 0 Å². The first kappa shape index (κ1) is 44.4. The van der Waals surface area contributed by atoms with Crippen LogP contribution in [0.25, 0.3) is 51.5 Å². The van der Waals surface area contributed by atoms with Crippen molar-refractivity contribution in [1.29, 1.82) is 0 Å². The lowest BCUT2D eigenvalue weighted by Crippen LogP contribution is -2.44. The van der Waals surface area contributed by atoms with Gasteiger partial charge in [0.25, 0.3) is 0 Å². The number of benzene rings is 7. The quantitative estimate of drug-likeness (QED) is 0.174. The molecule has 71 heavy (non-hydrogen) atoms. The van der Waals surface area contributed by atoms with Crippen molar-refractivity contribution in [2.45, 2.75) is 154 Å². The third-order valence-electron chi connectivity index (χ3n) is 19.5. The minimum atomic E-state index is 0.0224. The van der Waals surface area contributed by atoms with E-state index in [4.69, 9.17) is 0 Å². The molecule has 0 fully saturated rings. The van der Waals surface area contributed by atoms with Crippen molar-refractivity contribution in [3.63, 3.8) is 0 Å². The first-order chi connectivity index (χ1) is 33.7. The number of thiophene rings is 2. The molecule has 5 aliphatic rings. The molecule has 356 valence electrons.